The van der Waals surface area contributed by atoms with Gasteiger partial charge in [0.2, 0.25) is 0 Å². The fraction of sp³-hybridized carbons (Fsp3) is 0.286. The molecule has 5 heteroatoms. The van der Waals surface area contributed by atoms with Crippen molar-refractivity contribution in [2.45, 2.75) is 13.8 Å². The summed E-state index contributed by atoms with van der Waals surface area (Å²) in [6, 6.07) is 5.61. The monoisotopic (exact) mass is 276 g/mol. The number of benzene rings is 1. The second-order valence-electron chi connectivity index (χ2n) is 4.24. The van der Waals surface area contributed by atoms with E-state index in [0.717, 1.165) is 16.8 Å². The van der Waals surface area contributed by atoms with Crippen LogP contribution in [0.3, 0.4) is 0 Å². The number of aromatic nitrogens is 2. The van der Waals surface area contributed by atoms with E-state index in [9.17, 15) is 0 Å². The molecule has 0 aliphatic carbocycles. The summed E-state index contributed by atoms with van der Waals surface area (Å²) in [6.45, 7) is 3.94. The van der Waals surface area contributed by atoms with Crippen LogP contribution in [-0.4, -0.2) is 24.2 Å². The molecule has 100 valence electrons. The van der Waals surface area contributed by atoms with Gasteiger partial charge in [-0.15, -0.1) is 0 Å². The maximum Gasteiger partial charge on any atom is 0.139 e. The maximum absolute atomic E-state index is 5.26. The first kappa shape index (κ1) is 13.5. The van der Waals surface area contributed by atoms with Gasteiger partial charge < -0.3 is 14.5 Å². The van der Waals surface area contributed by atoms with E-state index in [2.05, 4.69) is 9.97 Å². The topological polar surface area (TPSA) is 47.1 Å². The highest BCUT2D eigenvalue weighted by atomic mass is 32.1. The number of nitrogens with zero attached hydrogens (tertiary/aromatic N) is 1. The summed E-state index contributed by atoms with van der Waals surface area (Å²) < 4.78 is 11.1. The zero-order valence-corrected chi connectivity index (χ0v) is 12.2. The second kappa shape index (κ2) is 5.40. The summed E-state index contributed by atoms with van der Waals surface area (Å²) in [5, 5.41) is 0. The molecule has 1 heterocycles. The molecule has 4 nitrogen and oxygen atoms in total. The first-order valence-corrected chi connectivity index (χ1v) is 6.27. The van der Waals surface area contributed by atoms with Crippen molar-refractivity contribution in [1.82, 2.24) is 9.97 Å². The van der Waals surface area contributed by atoms with E-state index in [1.165, 1.54) is 0 Å². The molecule has 0 saturated carbocycles. The molecule has 19 heavy (non-hydrogen) atoms. The van der Waals surface area contributed by atoms with Crippen molar-refractivity contribution in [3.05, 3.63) is 34.1 Å². The van der Waals surface area contributed by atoms with Crippen molar-refractivity contribution in [3.8, 4) is 22.9 Å². The molecule has 0 amide bonds. The van der Waals surface area contributed by atoms with E-state index in [0.29, 0.717) is 22.0 Å². The van der Waals surface area contributed by atoms with E-state index in [1.54, 1.807) is 14.2 Å². The average molecular weight is 276 g/mol. The largest absolute Gasteiger partial charge is 0.497 e. The summed E-state index contributed by atoms with van der Waals surface area (Å²) in [7, 11) is 3.24. The van der Waals surface area contributed by atoms with Crippen LogP contribution in [0.2, 0.25) is 0 Å². The zero-order chi connectivity index (χ0) is 14.0. The fourth-order valence-electron chi connectivity index (χ4n) is 1.73. The second-order valence-corrected chi connectivity index (χ2v) is 4.63. The molecule has 0 saturated heterocycles. The Balaban J connectivity index is 2.61. The van der Waals surface area contributed by atoms with E-state index in [-0.39, 0.29) is 0 Å². The summed E-state index contributed by atoms with van der Waals surface area (Å²) in [4.78, 5) is 7.65. The van der Waals surface area contributed by atoms with Gasteiger partial charge >= 0.3 is 0 Å². The molecule has 0 aliphatic rings. The van der Waals surface area contributed by atoms with Gasteiger partial charge in [0.05, 0.1) is 14.2 Å². The molecular formula is C14H16N2O2S. The molecule has 0 radical (unpaired) electrons. The Morgan fingerprint density at radius 3 is 2.11 bits per heavy atom. The molecule has 0 fully saturated rings. The molecule has 0 spiro atoms. The van der Waals surface area contributed by atoms with Gasteiger partial charge in [-0.05, 0) is 26.0 Å². The number of hydrogen-bond donors (Lipinski definition) is 1. The lowest BCUT2D eigenvalue weighted by atomic mass is 10.1. The van der Waals surface area contributed by atoms with Crippen LogP contribution in [0.25, 0.3) is 11.4 Å². The Morgan fingerprint density at radius 2 is 1.63 bits per heavy atom. The lowest BCUT2D eigenvalue weighted by molar-refractivity contribution is 0.394. The Labute approximate surface area is 117 Å². The Morgan fingerprint density at radius 1 is 1.05 bits per heavy atom. The Hall–Kier alpha value is -1.88. The minimum absolute atomic E-state index is 0.605. The van der Waals surface area contributed by atoms with Crippen LogP contribution in [0.4, 0.5) is 0 Å². The van der Waals surface area contributed by atoms with Crippen molar-refractivity contribution in [3.63, 3.8) is 0 Å². The van der Waals surface area contributed by atoms with Gasteiger partial charge in [-0.1, -0.05) is 12.2 Å². The number of rotatable bonds is 3. The lowest BCUT2D eigenvalue weighted by Crippen LogP contribution is -1.97. The molecule has 1 aromatic heterocycles. The van der Waals surface area contributed by atoms with Crippen LogP contribution < -0.4 is 9.47 Å². The van der Waals surface area contributed by atoms with Crippen LogP contribution in [0.1, 0.15) is 11.3 Å². The number of ether oxygens (including phenoxy) is 2. The van der Waals surface area contributed by atoms with Gasteiger partial charge in [0.25, 0.3) is 0 Å². The molecule has 0 bridgehead atoms. The molecule has 1 aromatic carbocycles. The summed E-state index contributed by atoms with van der Waals surface area (Å²) in [5.74, 6) is 2.15. The maximum atomic E-state index is 5.26. The quantitative estimate of drug-likeness (QED) is 0.872. The van der Waals surface area contributed by atoms with Crippen LogP contribution >= 0.6 is 12.2 Å². The third-order valence-corrected chi connectivity index (χ3v) is 3.42. The van der Waals surface area contributed by atoms with Gasteiger partial charge in [0.1, 0.15) is 22.0 Å². The fourth-order valence-corrected chi connectivity index (χ4v) is 1.97. The van der Waals surface area contributed by atoms with Gasteiger partial charge in [-0.3, -0.25) is 0 Å². The normalized spacial score (nSPS) is 10.3. The summed E-state index contributed by atoms with van der Waals surface area (Å²) >= 11 is 5.26. The van der Waals surface area contributed by atoms with E-state index < -0.39 is 0 Å². The summed E-state index contributed by atoms with van der Waals surface area (Å²) in [5.41, 5.74) is 2.88. The lowest BCUT2D eigenvalue weighted by Gasteiger charge is -2.09. The highest BCUT2D eigenvalue weighted by molar-refractivity contribution is 7.71. The molecule has 0 aliphatic heterocycles. The average Bonchev–Trinajstić information content (AvgIpc) is 2.43. The molecular weight excluding hydrogens is 260 g/mol. The van der Waals surface area contributed by atoms with Crippen LogP contribution in [-0.2, 0) is 0 Å². The predicted molar refractivity (Wildman–Crippen MR) is 77.4 cm³/mol. The molecule has 2 aromatic rings. The molecule has 0 unspecified atom stereocenters. The van der Waals surface area contributed by atoms with Crippen molar-refractivity contribution in [1.29, 1.82) is 0 Å². The number of aryl methyl sites for hydroxylation is 1. The van der Waals surface area contributed by atoms with Gasteiger partial charge in [0, 0.05) is 22.9 Å². The minimum atomic E-state index is 0.605. The van der Waals surface area contributed by atoms with Crippen molar-refractivity contribution in [2.75, 3.05) is 14.2 Å². The first-order valence-electron chi connectivity index (χ1n) is 5.86. The number of methoxy groups -OCH3 is 2. The Bertz CT molecular complexity index is 643. The number of aromatic amines is 1. The smallest absolute Gasteiger partial charge is 0.139 e. The highest BCUT2D eigenvalue weighted by Gasteiger charge is 2.08. The number of H-pyrrole nitrogens is 1. The predicted octanol–water partition coefficient (Wildman–Crippen LogP) is 3.44. The van der Waals surface area contributed by atoms with Gasteiger partial charge in [0.15, 0.2) is 0 Å². The molecule has 2 rings (SSSR count). The standard InChI is InChI=1S/C14H16N2O2S/c1-8-9(2)15-13(16-14(8)19)10-5-11(17-3)7-12(6-10)18-4/h5-7H,1-4H3,(H,15,16,19). The van der Waals surface area contributed by atoms with Crippen LogP contribution in [0, 0.1) is 18.5 Å². The van der Waals surface area contributed by atoms with E-state index >= 15 is 0 Å². The number of hydrogen-bond acceptors (Lipinski definition) is 4. The van der Waals surface area contributed by atoms with Crippen molar-refractivity contribution >= 4 is 12.2 Å². The van der Waals surface area contributed by atoms with Crippen molar-refractivity contribution < 1.29 is 9.47 Å². The first-order chi connectivity index (χ1) is 9.05. The minimum Gasteiger partial charge on any atom is -0.497 e. The number of nitrogens with one attached hydrogen (secondary N) is 1. The van der Waals surface area contributed by atoms with Gasteiger partial charge in [-0.25, -0.2) is 4.98 Å². The summed E-state index contributed by atoms with van der Waals surface area (Å²) in [6.07, 6.45) is 0. The molecule has 0 atom stereocenters. The van der Waals surface area contributed by atoms with E-state index in [4.69, 9.17) is 21.7 Å². The third-order valence-electron chi connectivity index (χ3n) is 3.03. The van der Waals surface area contributed by atoms with Crippen LogP contribution in [0.5, 0.6) is 11.5 Å². The van der Waals surface area contributed by atoms with Crippen molar-refractivity contribution in [2.24, 2.45) is 0 Å². The molecule has 1 N–H and O–H groups in total. The van der Waals surface area contributed by atoms with E-state index in [1.807, 2.05) is 32.0 Å². The van der Waals surface area contributed by atoms with Gasteiger partial charge in [-0.2, -0.15) is 0 Å². The highest BCUT2D eigenvalue weighted by Crippen LogP contribution is 2.28. The Kier molecular flexibility index (Phi) is 3.85. The zero-order valence-electron chi connectivity index (χ0n) is 11.4. The SMILES string of the molecule is COc1cc(OC)cc(-c2nc(=S)c(C)c(C)[nH]2)c1. The third kappa shape index (κ3) is 2.76. The van der Waals surface area contributed by atoms with Crippen LogP contribution in [0.15, 0.2) is 18.2 Å².